The van der Waals surface area contributed by atoms with Crippen molar-refractivity contribution in [1.82, 2.24) is 0 Å². The fourth-order valence-corrected chi connectivity index (χ4v) is 1.65. The lowest BCUT2D eigenvalue weighted by atomic mass is 10.3. The van der Waals surface area contributed by atoms with Gasteiger partial charge < -0.3 is 10.2 Å². The highest BCUT2D eigenvalue weighted by molar-refractivity contribution is 9.10. The molecule has 1 rings (SSSR count). The minimum absolute atomic E-state index is 0.136. The Morgan fingerprint density at radius 2 is 1.69 bits per heavy atom. The molecule has 0 aromatic heterocycles. The van der Waals surface area contributed by atoms with Gasteiger partial charge in [-0.25, -0.2) is 0 Å². The van der Waals surface area contributed by atoms with Crippen molar-refractivity contribution in [2.24, 2.45) is 0 Å². The molecule has 72 valence electrons. The quantitative estimate of drug-likeness (QED) is 0.524. The lowest BCUT2D eigenvalue weighted by molar-refractivity contribution is 0.431. The molecule has 0 fully saturated rings. The van der Waals surface area contributed by atoms with Crippen LogP contribution in [-0.4, -0.2) is 23.2 Å². The second-order valence-electron chi connectivity index (χ2n) is 2.25. The van der Waals surface area contributed by atoms with Crippen molar-refractivity contribution < 1.29 is 23.2 Å². The third kappa shape index (κ3) is 2.11. The largest absolute Gasteiger partial charge is 0.507 e. The van der Waals surface area contributed by atoms with Crippen molar-refractivity contribution in [1.29, 1.82) is 0 Å². The molecule has 1 aromatic carbocycles. The van der Waals surface area contributed by atoms with Crippen LogP contribution < -0.4 is 0 Å². The Bertz CT molecular complexity index is 439. The predicted molar refractivity (Wildman–Crippen MR) is 47.3 cm³/mol. The van der Waals surface area contributed by atoms with Crippen LogP contribution in [0.5, 0.6) is 11.5 Å². The van der Waals surface area contributed by atoms with Gasteiger partial charge in [-0.1, -0.05) is 0 Å². The number of hydrogen-bond donors (Lipinski definition) is 3. The van der Waals surface area contributed by atoms with Gasteiger partial charge in [0.25, 0.3) is 10.1 Å². The molecule has 13 heavy (non-hydrogen) atoms. The summed E-state index contributed by atoms with van der Waals surface area (Å²) in [4.78, 5) is -0.729. The van der Waals surface area contributed by atoms with Gasteiger partial charge in [0.15, 0.2) is 0 Å². The zero-order chi connectivity index (χ0) is 10.2. The van der Waals surface area contributed by atoms with Gasteiger partial charge in [0.05, 0.1) is 4.47 Å². The summed E-state index contributed by atoms with van der Waals surface area (Å²) in [7, 11) is -4.50. The minimum Gasteiger partial charge on any atom is -0.507 e. The van der Waals surface area contributed by atoms with Crippen molar-refractivity contribution in [3.05, 3.63) is 16.6 Å². The molecule has 0 spiro atoms. The van der Waals surface area contributed by atoms with E-state index in [1.165, 1.54) is 0 Å². The first-order valence-electron chi connectivity index (χ1n) is 3.01. The molecule has 0 atom stereocenters. The average molecular weight is 269 g/mol. The summed E-state index contributed by atoms with van der Waals surface area (Å²) in [6.07, 6.45) is 0. The van der Waals surface area contributed by atoms with Crippen LogP contribution >= 0.6 is 15.9 Å². The molecule has 7 heteroatoms. The van der Waals surface area contributed by atoms with Gasteiger partial charge in [-0.3, -0.25) is 4.55 Å². The highest BCUT2D eigenvalue weighted by Gasteiger charge is 2.17. The van der Waals surface area contributed by atoms with Crippen LogP contribution in [0.2, 0.25) is 0 Å². The smallest absolute Gasteiger partial charge is 0.298 e. The number of phenols is 2. The van der Waals surface area contributed by atoms with Crippen LogP contribution in [0, 0.1) is 0 Å². The van der Waals surface area contributed by atoms with E-state index in [0.29, 0.717) is 0 Å². The van der Waals surface area contributed by atoms with Gasteiger partial charge in [-0.05, 0) is 22.0 Å². The number of rotatable bonds is 1. The molecular weight excluding hydrogens is 264 g/mol. The summed E-state index contributed by atoms with van der Waals surface area (Å²) >= 11 is 2.86. The van der Waals surface area contributed by atoms with Crippen LogP contribution in [0.3, 0.4) is 0 Å². The Kier molecular flexibility index (Phi) is 2.51. The molecule has 0 aliphatic carbocycles. The number of halogens is 1. The number of benzene rings is 1. The van der Waals surface area contributed by atoms with E-state index < -0.39 is 20.8 Å². The maximum atomic E-state index is 10.6. The van der Waals surface area contributed by atoms with Gasteiger partial charge >= 0.3 is 0 Å². The molecule has 5 nitrogen and oxygen atoms in total. The van der Waals surface area contributed by atoms with Crippen LogP contribution in [0.15, 0.2) is 21.5 Å². The van der Waals surface area contributed by atoms with Gasteiger partial charge in [-0.2, -0.15) is 8.42 Å². The first-order chi connectivity index (χ1) is 5.82. The van der Waals surface area contributed by atoms with Crippen molar-refractivity contribution in [3.8, 4) is 11.5 Å². The maximum absolute atomic E-state index is 10.6. The lowest BCUT2D eigenvalue weighted by Crippen LogP contribution is -1.98. The van der Waals surface area contributed by atoms with Gasteiger partial charge in [-0.15, -0.1) is 0 Å². The number of hydrogen-bond acceptors (Lipinski definition) is 4. The molecule has 3 N–H and O–H groups in total. The molecule has 0 amide bonds. The molecule has 0 heterocycles. The second-order valence-corrected chi connectivity index (χ2v) is 4.49. The molecule has 0 aliphatic heterocycles. The van der Waals surface area contributed by atoms with Crippen molar-refractivity contribution in [2.75, 3.05) is 0 Å². The maximum Gasteiger partial charge on any atom is 0.298 e. The Morgan fingerprint density at radius 3 is 2.15 bits per heavy atom. The SMILES string of the molecule is O=S(=O)(O)c1cc(O)c(Br)cc1O. The van der Waals surface area contributed by atoms with Crippen LogP contribution in [0.25, 0.3) is 0 Å². The van der Waals surface area contributed by atoms with E-state index in [4.69, 9.17) is 14.8 Å². The fraction of sp³-hybridized carbons (Fsp3) is 0. The first-order valence-corrected chi connectivity index (χ1v) is 5.24. The summed E-state index contributed by atoms with van der Waals surface area (Å²) in [5.74, 6) is -1.02. The Hall–Kier alpha value is -0.790. The summed E-state index contributed by atoms with van der Waals surface area (Å²) in [6.45, 7) is 0. The van der Waals surface area contributed by atoms with Crippen molar-refractivity contribution in [3.63, 3.8) is 0 Å². The fourth-order valence-electron chi connectivity index (χ4n) is 0.739. The average Bonchev–Trinajstić information content (AvgIpc) is 1.94. The van der Waals surface area contributed by atoms with E-state index in [9.17, 15) is 8.42 Å². The van der Waals surface area contributed by atoms with E-state index in [2.05, 4.69) is 15.9 Å². The zero-order valence-electron chi connectivity index (χ0n) is 6.10. The molecule has 1 aromatic rings. The van der Waals surface area contributed by atoms with Crippen molar-refractivity contribution in [2.45, 2.75) is 4.90 Å². The highest BCUT2D eigenvalue weighted by atomic mass is 79.9. The summed E-state index contributed by atoms with van der Waals surface area (Å²) in [5, 5.41) is 18.1. The van der Waals surface area contributed by atoms with Gasteiger partial charge in [0.2, 0.25) is 0 Å². The van der Waals surface area contributed by atoms with Gasteiger partial charge in [0.1, 0.15) is 16.4 Å². The minimum atomic E-state index is -4.50. The predicted octanol–water partition coefficient (Wildman–Crippen LogP) is 1.11. The second kappa shape index (κ2) is 3.17. The Balaban J connectivity index is 3.50. The number of aromatic hydroxyl groups is 2. The normalized spacial score (nSPS) is 11.5. The summed E-state index contributed by atoms with van der Waals surface area (Å²) in [5.41, 5.74) is 0. The van der Waals surface area contributed by atoms with E-state index in [1.54, 1.807) is 0 Å². The Labute approximate surface area is 82.5 Å². The molecule has 0 bridgehead atoms. The molecule has 0 saturated carbocycles. The van der Waals surface area contributed by atoms with E-state index in [0.717, 1.165) is 12.1 Å². The topological polar surface area (TPSA) is 94.8 Å². The van der Waals surface area contributed by atoms with E-state index in [-0.39, 0.29) is 10.2 Å². The molecule has 0 unspecified atom stereocenters. The molecule has 0 radical (unpaired) electrons. The third-order valence-corrected chi connectivity index (χ3v) is 2.82. The standard InChI is InChI=1S/C6H5BrO5S/c7-3-1-5(9)6(2-4(3)8)13(10,11)12/h1-2,8-9H,(H,10,11,12). The van der Waals surface area contributed by atoms with Crippen LogP contribution in [-0.2, 0) is 10.1 Å². The lowest BCUT2D eigenvalue weighted by Gasteiger charge is -2.03. The summed E-state index contributed by atoms with van der Waals surface area (Å²) < 4.78 is 29.9. The third-order valence-electron chi connectivity index (χ3n) is 1.31. The zero-order valence-corrected chi connectivity index (χ0v) is 8.50. The monoisotopic (exact) mass is 268 g/mol. The molecule has 0 saturated heterocycles. The Morgan fingerprint density at radius 1 is 1.15 bits per heavy atom. The van der Waals surface area contributed by atoms with Crippen LogP contribution in [0.1, 0.15) is 0 Å². The van der Waals surface area contributed by atoms with E-state index in [1.807, 2.05) is 0 Å². The summed E-state index contributed by atoms with van der Waals surface area (Å²) in [6, 6.07) is 1.72. The number of phenolic OH excluding ortho intramolecular Hbond substituents is 2. The van der Waals surface area contributed by atoms with E-state index >= 15 is 0 Å². The van der Waals surface area contributed by atoms with Gasteiger partial charge in [0, 0.05) is 6.07 Å². The van der Waals surface area contributed by atoms with Crippen LogP contribution in [0.4, 0.5) is 0 Å². The highest BCUT2D eigenvalue weighted by Crippen LogP contribution is 2.33. The molecule has 0 aliphatic rings. The van der Waals surface area contributed by atoms with Crippen molar-refractivity contribution >= 4 is 26.0 Å². The first kappa shape index (κ1) is 10.3. The molecular formula is C6H5BrO5S.